The summed E-state index contributed by atoms with van der Waals surface area (Å²) in [6.07, 6.45) is 1.02. The molecule has 0 aliphatic carbocycles. The lowest BCUT2D eigenvalue weighted by atomic mass is 10.0. The van der Waals surface area contributed by atoms with Crippen LogP contribution in [0.4, 0.5) is 0 Å². The van der Waals surface area contributed by atoms with Crippen molar-refractivity contribution in [1.82, 2.24) is 30.2 Å². The summed E-state index contributed by atoms with van der Waals surface area (Å²) in [6.45, 7) is 16.1. The summed E-state index contributed by atoms with van der Waals surface area (Å²) in [4.78, 5) is 9.41. The fraction of sp³-hybridized carbons (Fsp3) is 0.800. The highest BCUT2D eigenvalue weighted by Crippen LogP contribution is 2.12. The number of hydrogen-bond acceptors (Lipinski definition) is 4. The van der Waals surface area contributed by atoms with E-state index in [1.807, 2.05) is 14.0 Å². The van der Waals surface area contributed by atoms with Gasteiger partial charge in [-0.1, -0.05) is 13.8 Å². The Kier molecular flexibility index (Phi) is 11.4. The molecule has 8 heteroatoms. The van der Waals surface area contributed by atoms with Gasteiger partial charge in [-0.2, -0.15) is 5.10 Å². The number of nitrogens with zero attached hydrogens (tertiary/aromatic N) is 5. The summed E-state index contributed by atoms with van der Waals surface area (Å²) in [5, 5.41) is 11.5. The predicted octanol–water partition coefficient (Wildman–Crippen LogP) is 1.95. The van der Waals surface area contributed by atoms with E-state index in [2.05, 4.69) is 69.1 Å². The minimum atomic E-state index is 0. The Morgan fingerprint density at radius 3 is 2.39 bits per heavy atom. The first-order chi connectivity index (χ1) is 12.9. The normalized spacial score (nSPS) is 17.5. The molecule has 0 amide bonds. The van der Waals surface area contributed by atoms with Crippen molar-refractivity contribution in [2.24, 2.45) is 10.9 Å². The first-order valence-electron chi connectivity index (χ1n) is 10.3. The average Bonchev–Trinajstić information content (AvgIpc) is 2.95. The highest BCUT2D eigenvalue weighted by molar-refractivity contribution is 14.0. The number of hydrogen-bond donors (Lipinski definition) is 2. The second-order valence-electron chi connectivity index (χ2n) is 8.03. The lowest BCUT2D eigenvalue weighted by Gasteiger charge is -2.40. The monoisotopic (exact) mass is 505 g/mol. The second kappa shape index (κ2) is 12.6. The zero-order valence-corrected chi connectivity index (χ0v) is 20.9. The molecule has 1 aromatic rings. The van der Waals surface area contributed by atoms with E-state index >= 15 is 0 Å². The number of guanidine groups is 1. The molecule has 0 bridgehead atoms. The topological polar surface area (TPSA) is 60.7 Å². The Hall–Kier alpha value is -0.870. The molecule has 1 unspecified atom stereocenters. The molecule has 2 N–H and O–H groups in total. The molecule has 1 aliphatic heterocycles. The predicted molar refractivity (Wildman–Crippen MR) is 129 cm³/mol. The van der Waals surface area contributed by atoms with Gasteiger partial charge in [-0.15, -0.1) is 24.0 Å². The lowest BCUT2D eigenvalue weighted by molar-refractivity contribution is 0.0900. The van der Waals surface area contributed by atoms with Crippen LogP contribution in [-0.2, 0) is 6.54 Å². The summed E-state index contributed by atoms with van der Waals surface area (Å²) in [5.41, 5.74) is 2.31. The highest BCUT2D eigenvalue weighted by Gasteiger charge is 2.24. The van der Waals surface area contributed by atoms with E-state index in [0.29, 0.717) is 12.0 Å². The van der Waals surface area contributed by atoms with Crippen molar-refractivity contribution in [3.63, 3.8) is 0 Å². The zero-order valence-electron chi connectivity index (χ0n) is 18.5. The molecule has 2 heterocycles. The van der Waals surface area contributed by atoms with E-state index in [1.54, 1.807) is 0 Å². The van der Waals surface area contributed by atoms with E-state index in [0.717, 1.165) is 63.9 Å². The SMILES string of the molecule is CN=C(NCCCn1nc(C)cc1C)NCC(C(C)C)N1CCN(C)CC1.I. The molecule has 0 radical (unpaired) electrons. The Morgan fingerprint density at radius 2 is 1.86 bits per heavy atom. The van der Waals surface area contributed by atoms with Crippen LogP contribution in [0.5, 0.6) is 0 Å². The molecule has 1 atom stereocenters. The van der Waals surface area contributed by atoms with E-state index in [-0.39, 0.29) is 24.0 Å². The molecule has 0 saturated carbocycles. The van der Waals surface area contributed by atoms with Crippen LogP contribution < -0.4 is 10.6 Å². The Labute approximate surface area is 188 Å². The minimum absolute atomic E-state index is 0. The maximum absolute atomic E-state index is 4.52. The van der Waals surface area contributed by atoms with Gasteiger partial charge in [0.05, 0.1) is 5.69 Å². The van der Waals surface area contributed by atoms with E-state index in [9.17, 15) is 0 Å². The van der Waals surface area contributed by atoms with Crippen molar-refractivity contribution in [3.05, 3.63) is 17.5 Å². The zero-order chi connectivity index (χ0) is 19.8. The second-order valence-corrected chi connectivity index (χ2v) is 8.03. The van der Waals surface area contributed by atoms with Gasteiger partial charge in [0.1, 0.15) is 0 Å². The summed E-state index contributed by atoms with van der Waals surface area (Å²) < 4.78 is 2.08. The van der Waals surface area contributed by atoms with Gasteiger partial charge in [0, 0.05) is 64.6 Å². The van der Waals surface area contributed by atoms with Crippen molar-refractivity contribution in [2.45, 2.75) is 46.7 Å². The summed E-state index contributed by atoms with van der Waals surface area (Å²) in [7, 11) is 4.05. The van der Waals surface area contributed by atoms with E-state index in [4.69, 9.17) is 0 Å². The standard InChI is InChI=1S/C20H39N7.HI/c1-16(2)19(26-12-10-25(6)11-13-26)15-23-20(21-5)22-8-7-9-27-18(4)14-17(3)24-27;/h14,16,19H,7-13,15H2,1-6H3,(H2,21,22,23);1H. The summed E-state index contributed by atoms with van der Waals surface area (Å²) >= 11 is 0. The van der Waals surface area contributed by atoms with Gasteiger partial charge in [-0.05, 0) is 39.3 Å². The van der Waals surface area contributed by atoms with Crippen molar-refractivity contribution in [3.8, 4) is 0 Å². The summed E-state index contributed by atoms with van der Waals surface area (Å²) in [6, 6.07) is 2.66. The van der Waals surface area contributed by atoms with Crippen molar-refractivity contribution in [1.29, 1.82) is 0 Å². The van der Waals surface area contributed by atoms with Crippen LogP contribution in [0, 0.1) is 19.8 Å². The molecule has 2 rings (SSSR count). The Morgan fingerprint density at radius 1 is 1.18 bits per heavy atom. The third-order valence-corrected chi connectivity index (χ3v) is 5.42. The van der Waals surface area contributed by atoms with Crippen LogP contribution in [0.15, 0.2) is 11.1 Å². The van der Waals surface area contributed by atoms with E-state index in [1.165, 1.54) is 5.69 Å². The fourth-order valence-electron chi connectivity index (χ4n) is 3.70. The van der Waals surface area contributed by atoms with Gasteiger partial charge in [-0.3, -0.25) is 14.6 Å². The maximum Gasteiger partial charge on any atom is 0.191 e. The molecule has 7 nitrogen and oxygen atoms in total. The fourth-order valence-corrected chi connectivity index (χ4v) is 3.70. The number of rotatable bonds is 8. The lowest BCUT2D eigenvalue weighted by Crippen LogP contribution is -2.55. The third-order valence-electron chi connectivity index (χ3n) is 5.42. The number of halogens is 1. The number of aliphatic imine (C=N–C) groups is 1. The number of likely N-dealkylation sites (N-methyl/N-ethyl adjacent to an activating group) is 1. The van der Waals surface area contributed by atoms with Crippen LogP contribution in [0.1, 0.15) is 31.7 Å². The summed E-state index contributed by atoms with van der Waals surface area (Å²) in [5.74, 6) is 1.51. The van der Waals surface area contributed by atoms with Gasteiger partial charge >= 0.3 is 0 Å². The van der Waals surface area contributed by atoms with Crippen LogP contribution >= 0.6 is 24.0 Å². The van der Waals surface area contributed by atoms with Crippen molar-refractivity contribution in [2.75, 3.05) is 53.4 Å². The third kappa shape index (κ3) is 7.87. The number of piperazine rings is 1. The number of nitrogens with one attached hydrogen (secondary N) is 2. The van der Waals surface area contributed by atoms with Gasteiger partial charge < -0.3 is 15.5 Å². The number of aryl methyl sites for hydroxylation is 3. The largest absolute Gasteiger partial charge is 0.356 e. The van der Waals surface area contributed by atoms with E-state index < -0.39 is 0 Å². The maximum atomic E-state index is 4.52. The van der Waals surface area contributed by atoms with Crippen molar-refractivity contribution >= 4 is 29.9 Å². The van der Waals surface area contributed by atoms with Crippen LogP contribution in [0.25, 0.3) is 0 Å². The molecule has 0 aromatic carbocycles. The first kappa shape index (κ1) is 25.2. The van der Waals surface area contributed by atoms with Gasteiger partial charge in [0.15, 0.2) is 5.96 Å². The Bertz CT molecular complexity index is 591. The van der Waals surface area contributed by atoms with Crippen LogP contribution in [-0.4, -0.2) is 84.9 Å². The molecule has 28 heavy (non-hydrogen) atoms. The van der Waals surface area contributed by atoms with Crippen LogP contribution in [0.3, 0.4) is 0 Å². The van der Waals surface area contributed by atoms with Gasteiger partial charge in [0.2, 0.25) is 0 Å². The molecular formula is C20H40IN7. The molecule has 0 spiro atoms. The molecule has 1 aliphatic rings. The quantitative estimate of drug-likeness (QED) is 0.245. The van der Waals surface area contributed by atoms with Gasteiger partial charge in [0.25, 0.3) is 0 Å². The average molecular weight is 505 g/mol. The van der Waals surface area contributed by atoms with Gasteiger partial charge in [-0.25, -0.2) is 0 Å². The minimum Gasteiger partial charge on any atom is -0.356 e. The number of aromatic nitrogens is 2. The molecule has 162 valence electrons. The molecule has 1 aromatic heterocycles. The molecule has 1 fully saturated rings. The van der Waals surface area contributed by atoms with Crippen molar-refractivity contribution < 1.29 is 0 Å². The molecular weight excluding hydrogens is 465 g/mol. The first-order valence-corrected chi connectivity index (χ1v) is 10.3. The van der Waals surface area contributed by atoms with Crippen LogP contribution in [0.2, 0.25) is 0 Å². The highest BCUT2D eigenvalue weighted by atomic mass is 127. The molecule has 1 saturated heterocycles. The smallest absolute Gasteiger partial charge is 0.191 e. The Balaban J connectivity index is 0.00000392.